The van der Waals surface area contributed by atoms with Gasteiger partial charge in [-0.1, -0.05) is 0 Å². The van der Waals surface area contributed by atoms with E-state index in [4.69, 9.17) is 0 Å². The summed E-state index contributed by atoms with van der Waals surface area (Å²) in [5.41, 5.74) is 1.37. The molecule has 0 amide bonds. The molecule has 60 valence electrons. The molecule has 0 nitrogen and oxygen atoms in total. The summed E-state index contributed by atoms with van der Waals surface area (Å²) in [5, 5.41) is 0. The van der Waals surface area contributed by atoms with Gasteiger partial charge in [-0.2, -0.15) is 0 Å². The van der Waals surface area contributed by atoms with Gasteiger partial charge in [0.05, 0.1) is 0 Å². The summed E-state index contributed by atoms with van der Waals surface area (Å²) in [5.74, 6) is 0. The van der Waals surface area contributed by atoms with Crippen LogP contribution >= 0.6 is 0 Å². The first-order valence-electron chi connectivity index (χ1n) is 3.92. The quantitative estimate of drug-likeness (QED) is 0.716. The van der Waals surface area contributed by atoms with Crippen molar-refractivity contribution < 1.29 is 0 Å². The Balaban J connectivity index is 2.66. The monoisotopic (exact) mass is 264 g/mol. The topological polar surface area (TPSA) is 0 Å². The molecule has 0 N–H and O–H groups in total. The van der Waals surface area contributed by atoms with Gasteiger partial charge in [0.2, 0.25) is 0 Å². The molecule has 11 heavy (non-hydrogen) atoms. The summed E-state index contributed by atoms with van der Waals surface area (Å²) < 4.78 is 2.47. The molecule has 0 aliphatic rings. The van der Waals surface area contributed by atoms with Crippen LogP contribution in [-0.2, 0) is 0 Å². The van der Waals surface area contributed by atoms with Crippen molar-refractivity contribution in [3.8, 4) is 0 Å². The van der Waals surface area contributed by atoms with Crippen LogP contribution in [0.4, 0.5) is 0 Å². The minimum absolute atomic E-state index is 0.0834. The molecule has 0 saturated carbocycles. The first kappa shape index (κ1) is 9.10. The second kappa shape index (κ2) is 4.14. The maximum atomic E-state index is 2.31. The van der Waals surface area contributed by atoms with Crippen molar-refractivity contribution in [3.05, 3.63) is 29.8 Å². The first-order valence-corrected chi connectivity index (χ1v) is 6.43. The van der Waals surface area contributed by atoms with E-state index in [-0.39, 0.29) is 20.9 Å². The van der Waals surface area contributed by atoms with Crippen LogP contribution in [0.15, 0.2) is 24.3 Å². The predicted octanol–water partition coefficient (Wildman–Crippen LogP) is 2.15. The molecular weight excluding hydrogens is 248 g/mol. The van der Waals surface area contributed by atoms with Gasteiger partial charge in [-0.05, 0) is 0 Å². The molecule has 0 bridgehead atoms. The van der Waals surface area contributed by atoms with Gasteiger partial charge in [-0.25, -0.2) is 0 Å². The van der Waals surface area contributed by atoms with Crippen LogP contribution in [-0.4, -0.2) is 20.9 Å². The molecule has 0 radical (unpaired) electrons. The van der Waals surface area contributed by atoms with Crippen molar-refractivity contribution in [2.45, 2.75) is 24.7 Å². The van der Waals surface area contributed by atoms with Crippen molar-refractivity contribution in [2.75, 3.05) is 0 Å². The van der Waals surface area contributed by atoms with Crippen LogP contribution < -0.4 is 3.61 Å². The van der Waals surface area contributed by atoms with E-state index in [0.29, 0.717) is 0 Å². The Morgan fingerprint density at radius 3 is 2.09 bits per heavy atom. The average Bonchev–Trinajstić information content (AvgIpc) is 1.93. The molecule has 0 fully saturated rings. The molecule has 1 aromatic rings. The fourth-order valence-corrected chi connectivity index (χ4v) is 3.28. The first-order chi connectivity index (χ1) is 5.18. The number of aryl methyl sites for hydroxylation is 1. The van der Waals surface area contributed by atoms with Crippen LogP contribution in [0.25, 0.3) is 0 Å². The fourth-order valence-electron chi connectivity index (χ4n) is 0.889. The van der Waals surface area contributed by atoms with Gasteiger partial charge in [0, 0.05) is 0 Å². The molecule has 0 spiro atoms. The molecule has 0 unspecified atom stereocenters. The summed E-state index contributed by atoms with van der Waals surface area (Å²) in [6, 6.07) is 8.97. The molecule has 0 atom stereocenters. The molecule has 0 aromatic heterocycles. The zero-order valence-corrected chi connectivity index (χ0v) is 9.63. The summed E-state index contributed by atoms with van der Waals surface area (Å²) in [6.45, 7) is 6.75. The van der Waals surface area contributed by atoms with Crippen molar-refractivity contribution in [3.63, 3.8) is 0 Å². The van der Waals surface area contributed by atoms with E-state index in [1.807, 2.05) is 0 Å². The van der Waals surface area contributed by atoms with Crippen molar-refractivity contribution in [1.82, 2.24) is 0 Å². The zero-order valence-electron chi connectivity index (χ0n) is 7.29. The number of hydrogen-bond donors (Lipinski definition) is 0. The molecule has 0 heterocycles. The van der Waals surface area contributed by atoms with Crippen molar-refractivity contribution in [1.29, 1.82) is 0 Å². The Morgan fingerprint density at radius 1 is 1.09 bits per heavy atom. The number of hydrogen-bond acceptors (Lipinski definition) is 0. The van der Waals surface area contributed by atoms with Gasteiger partial charge in [0.25, 0.3) is 0 Å². The molecule has 1 aromatic carbocycles. The van der Waals surface area contributed by atoms with Crippen LogP contribution in [0.5, 0.6) is 0 Å². The molecule has 0 saturated heterocycles. The summed E-state index contributed by atoms with van der Waals surface area (Å²) in [6.07, 6.45) is 0. The minimum atomic E-state index is 0.0834. The van der Waals surface area contributed by atoms with Crippen molar-refractivity contribution in [2.24, 2.45) is 0 Å². The molecule has 0 aliphatic heterocycles. The Morgan fingerprint density at radius 2 is 1.64 bits per heavy atom. The van der Waals surface area contributed by atoms with Crippen LogP contribution in [0.2, 0.25) is 3.97 Å². The Hall–Kier alpha value is 0.00961. The van der Waals surface area contributed by atoms with E-state index in [1.54, 1.807) is 3.61 Å². The summed E-state index contributed by atoms with van der Waals surface area (Å²) >= 11 is 0.0834. The van der Waals surface area contributed by atoms with Crippen LogP contribution in [0.1, 0.15) is 19.4 Å². The van der Waals surface area contributed by atoms with E-state index in [0.717, 1.165) is 3.97 Å². The predicted molar refractivity (Wildman–Crippen MR) is 51.7 cm³/mol. The normalized spacial score (nSPS) is 10.5. The van der Waals surface area contributed by atoms with Crippen LogP contribution in [0.3, 0.4) is 0 Å². The zero-order chi connectivity index (χ0) is 8.27. The second-order valence-electron chi connectivity index (χ2n) is 2.98. The van der Waals surface area contributed by atoms with Gasteiger partial charge < -0.3 is 0 Å². The van der Waals surface area contributed by atoms with Gasteiger partial charge >= 0.3 is 79.1 Å². The van der Waals surface area contributed by atoms with Gasteiger partial charge in [-0.15, -0.1) is 0 Å². The standard InChI is InChI=1S/C10H14Te/c1-8(2)11-10-6-4-9(3)5-7-10/h4-8H,1-3H3. The second-order valence-corrected chi connectivity index (χ2v) is 7.69. The third kappa shape index (κ3) is 3.27. The molecule has 1 rings (SSSR count). The van der Waals surface area contributed by atoms with E-state index < -0.39 is 0 Å². The SMILES string of the molecule is Cc1ccc([Te]C(C)C)cc1. The number of benzene rings is 1. The van der Waals surface area contributed by atoms with E-state index in [2.05, 4.69) is 45.0 Å². The van der Waals surface area contributed by atoms with Crippen LogP contribution in [0, 0.1) is 6.92 Å². The Kier molecular flexibility index (Phi) is 3.42. The summed E-state index contributed by atoms with van der Waals surface area (Å²) in [7, 11) is 0. The summed E-state index contributed by atoms with van der Waals surface area (Å²) in [4.78, 5) is 0. The molecular formula is C10H14Te. The maximum absolute atomic E-state index is 2.31. The van der Waals surface area contributed by atoms with Gasteiger partial charge in [-0.3, -0.25) is 0 Å². The Bertz CT molecular complexity index is 211. The average molecular weight is 262 g/mol. The van der Waals surface area contributed by atoms with Crippen molar-refractivity contribution >= 4 is 24.5 Å². The van der Waals surface area contributed by atoms with Gasteiger partial charge in [0.15, 0.2) is 0 Å². The third-order valence-corrected chi connectivity index (χ3v) is 4.29. The molecule has 0 aliphatic carbocycles. The Labute approximate surface area is 79.1 Å². The third-order valence-electron chi connectivity index (χ3n) is 1.39. The molecule has 1 heteroatoms. The fraction of sp³-hybridized carbons (Fsp3) is 0.400. The van der Waals surface area contributed by atoms with E-state index >= 15 is 0 Å². The van der Waals surface area contributed by atoms with Gasteiger partial charge in [0.1, 0.15) is 0 Å². The van der Waals surface area contributed by atoms with E-state index in [1.165, 1.54) is 5.56 Å². The van der Waals surface area contributed by atoms with E-state index in [9.17, 15) is 0 Å². The number of rotatable bonds is 2.